The van der Waals surface area contributed by atoms with Gasteiger partial charge in [-0.1, -0.05) is 12.1 Å². The van der Waals surface area contributed by atoms with E-state index in [-0.39, 0.29) is 6.61 Å². The smallest absolute Gasteiger partial charge is 0.0861 e. The first-order valence-electron chi connectivity index (χ1n) is 5.89. The van der Waals surface area contributed by atoms with Gasteiger partial charge in [0.05, 0.1) is 29.9 Å². The number of anilines is 1. The Hall–Kier alpha value is -1.81. The quantitative estimate of drug-likeness (QED) is 0.824. The molecule has 1 aromatic heterocycles. The number of aromatic nitrogens is 2. The number of fused-ring (bicyclic) bond motifs is 1. The lowest BCUT2D eigenvalue weighted by molar-refractivity contribution is 0.282. The molecule has 0 fully saturated rings. The summed E-state index contributed by atoms with van der Waals surface area (Å²) in [5.74, 6) is 0. The van der Waals surface area contributed by atoms with E-state index >= 15 is 0 Å². The summed E-state index contributed by atoms with van der Waals surface area (Å²) in [6, 6.07) is 7.79. The number of benzene rings is 1. The molecule has 1 aromatic carbocycles. The van der Waals surface area contributed by atoms with E-state index in [1.807, 2.05) is 35.1 Å². The van der Waals surface area contributed by atoms with Crippen LogP contribution in [0.25, 0.3) is 5.69 Å². The van der Waals surface area contributed by atoms with Gasteiger partial charge >= 0.3 is 0 Å². The number of aliphatic hydroxyl groups is 1. The fourth-order valence-corrected chi connectivity index (χ4v) is 2.11. The van der Waals surface area contributed by atoms with Crippen molar-refractivity contribution in [1.29, 1.82) is 0 Å². The Morgan fingerprint density at radius 1 is 1.29 bits per heavy atom. The van der Waals surface area contributed by atoms with E-state index in [0.29, 0.717) is 0 Å². The van der Waals surface area contributed by atoms with Crippen LogP contribution in [0.1, 0.15) is 17.7 Å². The van der Waals surface area contributed by atoms with Gasteiger partial charge in [0.25, 0.3) is 0 Å². The fourth-order valence-electron chi connectivity index (χ4n) is 2.11. The highest BCUT2D eigenvalue weighted by atomic mass is 16.3. The fraction of sp³-hybridized carbons (Fsp3) is 0.308. The molecule has 3 rings (SSSR count). The number of aryl methyl sites for hydroxylation is 1. The third kappa shape index (κ3) is 1.91. The van der Waals surface area contributed by atoms with Crippen molar-refractivity contribution in [3.63, 3.8) is 0 Å². The predicted octanol–water partition coefficient (Wildman–Crippen LogP) is 1.72. The molecular formula is C13H15N3O. The zero-order valence-corrected chi connectivity index (χ0v) is 9.56. The van der Waals surface area contributed by atoms with Crippen molar-refractivity contribution in [3.8, 4) is 5.69 Å². The molecule has 0 unspecified atom stereocenters. The van der Waals surface area contributed by atoms with Gasteiger partial charge in [-0.05, 0) is 30.5 Å². The number of nitrogens with one attached hydrogen (secondary N) is 1. The SMILES string of the molecule is OCc1ccc(-n2cc3c(n2)CCCN3)cc1. The topological polar surface area (TPSA) is 50.1 Å². The Kier molecular flexibility index (Phi) is 2.57. The second kappa shape index (κ2) is 4.22. The van der Waals surface area contributed by atoms with Gasteiger partial charge in [0.2, 0.25) is 0 Å². The average Bonchev–Trinajstić information content (AvgIpc) is 2.82. The van der Waals surface area contributed by atoms with Gasteiger partial charge in [-0.15, -0.1) is 0 Å². The summed E-state index contributed by atoms with van der Waals surface area (Å²) in [4.78, 5) is 0. The molecule has 0 aliphatic carbocycles. The molecule has 0 radical (unpaired) electrons. The number of nitrogens with zero attached hydrogens (tertiary/aromatic N) is 2. The van der Waals surface area contributed by atoms with Crippen molar-refractivity contribution in [2.75, 3.05) is 11.9 Å². The lowest BCUT2D eigenvalue weighted by Crippen LogP contribution is -2.10. The van der Waals surface area contributed by atoms with Gasteiger partial charge in [0.1, 0.15) is 0 Å². The normalized spacial score (nSPS) is 14.2. The highest BCUT2D eigenvalue weighted by Crippen LogP contribution is 2.22. The summed E-state index contributed by atoms with van der Waals surface area (Å²) < 4.78 is 1.89. The second-order valence-electron chi connectivity index (χ2n) is 4.29. The summed E-state index contributed by atoms with van der Waals surface area (Å²) >= 11 is 0. The molecule has 0 saturated carbocycles. The first-order valence-corrected chi connectivity index (χ1v) is 5.89. The van der Waals surface area contributed by atoms with E-state index in [9.17, 15) is 0 Å². The molecule has 1 aliphatic heterocycles. The van der Waals surface area contributed by atoms with Crippen molar-refractivity contribution in [2.24, 2.45) is 0 Å². The minimum absolute atomic E-state index is 0.0808. The minimum Gasteiger partial charge on any atom is -0.392 e. The van der Waals surface area contributed by atoms with E-state index in [4.69, 9.17) is 5.11 Å². The molecule has 1 aliphatic rings. The molecule has 0 atom stereocenters. The zero-order valence-electron chi connectivity index (χ0n) is 9.56. The van der Waals surface area contributed by atoms with Crippen LogP contribution >= 0.6 is 0 Å². The molecule has 0 amide bonds. The van der Waals surface area contributed by atoms with Crippen LogP contribution in [0.4, 0.5) is 5.69 Å². The minimum atomic E-state index is 0.0808. The van der Waals surface area contributed by atoms with E-state index in [1.54, 1.807) is 0 Å². The molecule has 0 bridgehead atoms. The molecule has 2 heterocycles. The third-order valence-electron chi connectivity index (χ3n) is 3.08. The first kappa shape index (κ1) is 10.4. The molecular weight excluding hydrogens is 214 g/mol. The van der Waals surface area contributed by atoms with Crippen molar-refractivity contribution < 1.29 is 5.11 Å². The van der Waals surface area contributed by atoms with Gasteiger partial charge < -0.3 is 10.4 Å². The van der Waals surface area contributed by atoms with Gasteiger partial charge in [-0.2, -0.15) is 5.10 Å². The van der Waals surface area contributed by atoms with Crippen LogP contribution < -0.4 is 5.32 Å². The number of hydrogen-bond donors (Lipinski definition) is 2. The molecule has 2 aromatic rings. The highest BCUT2D eigenvalue weighted by molar-refractivity contribution is 5.50. The van der Waals surface area contributed by atoms with Gasteiger partial charge in [0.15, 0.2) is 0 Å². The van der Waals surface area contributed by atoms with Crippen LogP contribution in [0.2, 0.25) is 0 Å². The van der Waals surface area contributed by atoms with E-state index in [1.165, 1.54) is 0 Å². The Morgan fingerprint density at radius 3 is 2.82 bits per heavy atom. The Bertz CT molecular complexity index is 492. The average molecular weight is 229 g/mol. The maximum atomic E-state index is 9.00. The van der Waals surface area contributed by atoms with E-state index in [0.717, 1.165) is 42.0 Å². The van der Waals surface area contributed by atoms with Crippen molar-refractivity contribution in [3.05, 3.63) is 41.7 Å². The van der Waals surface area contributed by atoms with Gasteiger partial charge in [-0.25, -0.2) is 4.68 Å². The maximum Gasteiger partial charge on any atom is 0.0861 e. The standard InChI is InChI=1S/C13H15N3O/c17-9-10-3-5-11(6-4-10)16-8-13-12(15-16)2-1-7-14-13/h3-6,8,14,17H,1-2,7,9H2. The summed E-state index contributed by atoms with van der Waals surface area (Å²) in [5.41, 5.74) is 4.23. The highest BCUT2D eigenvalue weighted by Gasteiger charge is 2.13. The lowest BCUT2D eigenvalue weighted by Gasteiger charge is -2.10. The molecule has 2 N–H and O–H groups in total. The molecule has 88 valence electrons. The molecule has 4 nitrogen and oxygen atoms in total. The maximum absolute atomic E-state index is 9.00. The first-order chi connectivity index (χ1) is 8.36. The van der Waals surface area contributed by atoms with Crippen LogP contribution in [0, 0.1) is 0 Å². The molecule has 0 spiro atoms. The lowest BCUT2D eigenvalue weighted by atomic mass is 10.1. The Balaban J connectivity index is 1.94. The Morgan fingerprint density at radius 2 is 2.12 bits per heavy atom. The van der Waals surface area contributed by atoms with Crippen molar-refractivity contribution >= 4 is 5.69 Å². The third-order valence-corrected chi connectivity index (χ3v) is 3.08. The number of aliphatic hydroxyl groups excluding tert-OH is 1. The largest absolute Gasteiger partial charge is 0.392 e. The van der Waals surface area contributed by atoms with E-state index < -0.39 is 0 Å². The summed E-state index contributed by atoms with van der Waals surface area (Å²) in [6.45, 7) is 1.11. The molecule has 0 saturated heterocycles. The Labute approximate surface area is 99.9 Å². The predicted molar refractivity (Wildman–Crippen MR) is 66.3 cm³/mol. The molecule has 4 heteroatoms. The van der Waals surface area contributed by atoms with Gasteiger partial charge in [0, 0.05) is 6.54 Å². The van der Waals surface area contributed by atoms with E-state index in [2.05, 4.69) is 10.4 Å². The van der Waals surface area contributed by atoms with Crippen molar-refractivity contribution in [2.45, 2.75) is 19.4 Å². The van der Waals surface area contributed by atoms with Gasteiger partial charge in [-0.3, -0.25) is 0 Å². The van der Waals surface area contributed by atoms with Crippen LogP contribution in [-0.4, -0.2) is 21.4 Å². The van der Waals surface area contributed by atoms with Crippen molar-refractivity contribution in [1.82, 2.24) is 9.78 Å². The number of rotatable bonds is 2. The summed E-state index contributed by atoms with van der Waals surface area (Å²) in [5, 5.41) is 16.9. The number of hydrogen-bond acceptors (Lipinski definition) is 3. The van der Waals surface area contributed by atoms with Crippen LogP contribution in [0.3, 0.4) is 0 Å². The summed E-state index contributed by atoms with van der Waals surface area (Å²) in [7, 11) is 0. The van der Waals surface area contributed by atoms with Crippen LogP contribution in [0.5, 0.6) is 0 Å². The molecule has 17 heavy (non-hydrogen) atoms. The zero-order chi connectivity index (χ0) is 11.7. The second-order valence-corrected chi connectivity index (χ2v) is 4.29. The van der Waals surface area contributed by atoms with Crippen LogP contribution in [-0.2, 0) is 13.0 Å². The monoisotopic (exact) mass is 229 g/mol. The summed E-state index contributed by atoms with van der Waals surface area (Å²) in [6.07, 6.45) is 4.22. The van der Waals surface area contributed by atoms with Crippen LogP contribution in [0.15, 0.2) is 30.5 Å².